The molecular formula is C17H26N6O. The van der Waals surface area contributed by atoms with Gasteiger partial charge in [-0.15, -0.1) is 0 Å². The van der Waals surface area contributed by atoms with Gasteiger partial charge in [0.2, 0.25) is 11.7 Å². The molecule has 3 rings (SSSR count). The molecule has 130 valence electrons. The maximum Gasteiger partial charge on any atom is 0.241 e. The quantitative estimate of drug-likeness (QED) is 0.866. The van der Waals surface area contributed by atoms with E-state index < -0.39 is 0 Å². The zero-order chi connectivity index (χ0) is 17.2. The van der Waals surface area contributed by atoms with E-state index in [1.54, 1.807) is 12.4 Å². The van der Waals surface area contributed by atoms with Crippen molar-refractivity contribution < 1.29 is 4.52 Å². The summed E-state index contributed by atoms with van der Waals surface area (Å²) in [7, 11) is 2.07. The predicted octanol–water partition coefficient (Wildman–Crippen LogP) is 1.84. The minimum absolute atomic E-state index is 0.256. The number of pyridine rings is 1. The molecule has 7 heteroatoms. The van der Waals surface area contributed by atoms with Crippen LogP contribution >= 0.6 is 0 Å². The third kappa shape index (κ3) is 4.17. The number of nitrogens with zero attached hydrogens (tertiary/aromatic N) is 4. The van der Waals surface area contributed by atoms with Crippen molar-refractivity contribution in [1.29, 1.82) is 0 Å². The second-order valence-electron chi connectivity index (χ2n) is 7.58. The number of hydrogen-bond donors (Lipinski definition) is 2. The third-order valence-corrected chi connectivity index (χ3v) is 4.37. The summed E-state index contributed by atoms with van der Waals surface area (Å²) in [6, 6.07) is 4.65. The second kappa shape index (κ2) is 6.96. The largest absolute Gasteiger partial charge is 0.338 e. The van der Waals surface area contributed by atoms with Gasteiger partial charge in [0.05, 0.1) is 6.54 Å². The highest BCUT2D eigenvalue weighted by Crippen LogP contribution is 2.25. The molecule has 7 nitrogen and oxygen atoms in total. The Balaban J connectivity index is 1.53. The summed E-state index contributed by atoms with van der Waals surface area (Å²) in [4.78, 5) is 10.7. The van der Waals surface area contributed by atoms with Gasteiger partial charge >= 0.3 is 0 Å². The monoisotopic (exact) mass is 330 g/mol. The van der Waals surface area contributed by atoms with E-state index in [-0.39, 0.29) is 5.41 Å². The molecule has 0 bridgehead atoms. The minimum atomic E-state index is 0.256. The molecule has 0 aliphatic carbocycles. The summed E-state index contributed by atoms with van der Waals surface area (Å²) in [6.07, 6.45) is 4.56. The minimum Gasteiger partial charge on any atom is -0.338 e. The number of rotatable bonds is 5. The third-order valence-electron chi connectivity index (χ3n) is 4.37. The van der Waals surface area contributed by atoms with E-state index in [0.29, 0.717) is 30.3 Å². The zero-order valence-electron chi connectivity index (χ0n) is 14.8. The molecule has 0 amide bonds. The molecule has 24 heavy (non-hydrogen) atoms. The topological polar surface area (TPSA) is 79.1 Å². The van der Waals surface area contributed by atoms with Crippen molar-refractivity contribution in [3.8, 4) is 11.4 Å². The van der Waals surface area contributed by atoms with Crippen molar-refractivity contribution in [2.75, 3.05) is 13.6 Å². The first-order valence-corrected chi connectivity index (χ1v) is 8.34. The van der Waals surface area contributed by atoms with E-state index in [1.807, 2.05) is 12.1 Å². The molecule has 0 aromatic carbocycles. The van der Waals surface area contributed by atoms with Crippen molar-refractivity contribution in [3.05, 3.63) is 30.4 Å². The van der Waals surface area contributed by atoms with Crippen LogP contribution in [0, 0.1) is 5.41 Å². The van der Waals surface area contributed by atoms with E-state index in [9.17, 15) is 0 Å². The molecule has 1 aliphatic heterocycles. The summed E-state index contributed by atoms with van der Waals surface area (Å²) in [5.74, 6) is 1.23. The van der Waals surface area contributed by atoms with Crippen LogP contribution < -0.4 is 10.9 Å². The Labute approximate surface area is 142 Å². The van der Waals surface area contributed by atoms with E-state index >= 15 is 0 Å². The fraction of sp³-hybridized carbons (Fsp3) is 0.588. The number of aromatic nitrogens is 3. The van der Waals surface area contributed by atoms with Crippen LogP contribution in [0.5, 0.6) is 0 Å². The molecular weight excluding hydrogens is 304 g/mol. The van der Waals surface area contributed by atoms with Gasteiger partial charge in [-0.25, -0.2) is 0 Å². The lowest BCUT2D eigenvalue weighted by atomic mass is 9.84. The average Bonchev–Trinajstić information content (AvgIpc) is 3.17. The van der Waals surface area contributed by atoms with Gasteiger partial charge in [-0.05, 0) is 31.0 Å². The van der Waals surface area contributed by atoms with Crippen LogP contribution in [-0.2, 0) is 6.54 Å². The Kier molecular flexibility index (Phi) is 4.93. The maximum absolute atomic E-state index is 5.37. The van der Waals surface area contributed by atoms with Crippen LogP contribution in [0.3, 0.4) is 0 Å². The van der Waals surface area contributed by atoms with Crippen LogP contribution in [0.2, 0.25) is 0 Å². The summed E-state index contributed by atoms with van der Waals surface area (Å²) >= 11 is 0. The first-order valence-electron chi connectivity index (χ1n) is 8.34. The van der Waals surface area contributed by atoms with E-state index in [4.69, 9.17) is 4.52 Å². The standard InChI is InChI=1S/C17H26N6O/c1-17(2,3)14-9-13(20-21-14)10-23(4)11-15-19-16(22-24-15)12-5-7-18-8-6-12/h5-8,13-14,20-21H,9-11H2,1-4H3. The molecule has 0 radical (unpaired) electrons. The smallest absolute Gasteiger partial charge is 0.241 e. The van der Waals surface area contributed by atoms with E-state index in [1.165, 1.54) is 0 Å². The molecule has 2 N–H and O–H groups in total. The Morgan fingerprint density at radius 2 is 2.00 bits per heavy atom. The molecule has 0 saturated carbocycles. The average molecular weight is 330 g/mol. The lowest BCUT2D eigenvalue weighted by Crippen LogP contribution is -2.41. The lowest BCUT2D eigenvalue weighted by Gasteiger charge is -2.26. The SMILES string of the molecule is CN(Cc1nc(-c2ccncc2)no1)CC1CC(C(C)(C)C)NN1. The summed E-state index contributed by atoms with van der Waals surface area (Å²) in [6.45, 7) is 8.34. The van der Waals surface area contributed by atoms with Crippen LogP contribution in [0.1, 0.15) is 33.1 Å². The highest BCUT2D eigenvalue weighted by atomic mass is 16.5. The van der Waals surface area contributed by atoms with Gasteiger partial charge in [-0.1, -0.05) is 25.9 Å². The van der Waals surface area contributed by atoms with Gasteiger partial charge < -0.3 is 4.52 Å². The Bertz CT molecular complexity index is 651. The van der Waals surface area contributed by atoms with Gasteiger partial charge in [0, 0.05) is 36.6 Å². The first kappa shape index (κ1) is 17.0. The van der Waals surface area contributed by atoms with Crippen molar-refractivity contribution in [2.24, 2.45) is 5.41 Å². The van der Waals surface area contributed by atoms with Gasteiger partial charge in [0.25, 0.3) is 0 Å². The van der Waals surface area contributed by atoms with Crippen molar-refractivity contribution >= 4 is 0 Å². The molecule has 0 spiro atoms. The van der Waals surface area contributed by atoms with Gasteiger partial charge in [0.1, 0.15) is 0 Å². The lowest BCUT2D eigenvalue weighted by molar-refractivity contribution is 0.245. The molecule has 3 heterocycles. The maximum atomic E-state index is 5.37. The Hall–Kier alpha value is -1.83. The Morgan fingerprint density at radius 3 is 2.67 bits per heavy atom. The van der Waals surface area contributed by atoms with E-state index in [0.717, 1.165) is 18.5 Å². The number of nitrogens with one attached hydrogen (secondary N) is 2. The molecule has 1 aliphatic rings. The van der Waals surface area contributed by atoms with E-state index in [2.05, 4.69) is 58.7 Å². The van der Waals surface area contributed by atoms with Crippen LogP contribution in [0.4, 0.5) is 0 Å². The highest BCUT2D eigenvalue weighted by molar-refractivity contribution is 5.52. The predicted molar refractivity (Wildman–Crippen MR) is 91.8 cm³/mol. The molecule has 2 atom stereocenters. The normalized spacial score (nSPS) is 21.5. The fourth-order valence-corrected chi connectivity index (χ4v) is 2.92. The molecule has 1 saturated heterocycles. The number of hydrogen-bond acceptors (Lipinski definition) is 7. The second-order valence-corrected chi connectivity index (χ2v) is 7.58. The first-order chi connectivity index (χ1) is 11.4. The molecule has 2 aromatic heterocycles. The van der Waals surface area contributed by atoms with Gasteiger partial charge in [-0.2, -0.15) is 4.98 Å². The zero-order valence-corrected chi connectivity index (χ0v) is 14.8. The van der Waals surface area contributed by atoms with Gasteiger partial charge in [-0.3, -0.25) is 20.7 Å². The van der Waals surface area contributed by atoms with Crippen molar-refractivity contribution in [1.82, 2.24) is 30.9 Å². The number of likely N-dealkylation sites (N-methyl/N-ethyl adjacent to an activating group) is 1. The number of hydrazine groups is 1. The summed E-state index contributed by atoms with van der Waals surface area (Å²) in [5, 5.41) is 4.05. The van der Waals surface area contributed by atoms with Gasteiger partial charge in [0.15, 0.2) is 0 Å². The van der Waals surface area contributed by atoms with Crippen molar-refractivity contribution in [2.45, 2.75) is 45.8 Å². The van der Waals surface area contributed by atoms with Crippen LogP contribution in [0.25, 0.3) is 11.4 Å². The van der Waals surface area contributed by atoms with Crippen LogP contribution in [0.15, 0.2) is 29.0 Å². The Morgan fingerprint density at radius 1 is 1.25 bits per heavy atom. The van der Waals surface area contributed by atoms with Crippen molar-refractivity contribution in [3.63, 3.8) is 0 Å². The summed E-state index contributed by atoms with van der Waals surface area (Å²) in [5.41, 5.74) is 7.97. The molecule has 1 fully saturated rings. The van der Waals surface area contributed by atoms with Crippen LogP contribution in [-0.4, -0.2) is 45.7 Å². The summed E-state index contributed by atoms with van der Waals surface area (Å²) < 4.78 is 5.37. The molecule has 2 unspecified atom stereocenters. The fourth-order valence-electron chi connectivity index (χ4n) is 2.92. The molecule has 2 aromatic rings. The highest BCUT2D eigenvalue weighted by Gasteiger charge is 2.32.